The van der Waals surface area contributed by atoms with E-state index in [0.717, 1.165) is 17.7 Å². The number of carbonyl (C=O) groups excluding carboxylic acids is 2. The monoisotopic (exact) mass is 413 g/mol. The Morgan fingerprint density at radius 2 is 1.77 bits per heavy atom. The van der Waals surface area contributed by atoms with E-state index in [1.165, 1.54) is 30.2 Å². The molecule has 0 amide bonds. The van der Waals surface area contributed by atoms with E-state index in [9.17, 15) is 9.59 Å². The Kier molecular flexibility index (Phi) is 4.74. The molecule has 1 heterocycles. The van der Waals surface area contributed by atoms with Crippen molar-refractivity contribution in [2.75, 3.05) is 5.32 Å². The largest absolute Gasteiger partial charge is 0.427 e. The third-order valence-corrected chi connectivity index (χ3v) is 6.09. The normalized spacial score (nSPS) is 21.2. The minimum Gasteiger partial charge on any atom is -0.427 e. The standard InChI is InChI=1S/C26H23NO4/c1-15(28)30-18-11-12-22(24(14-18)31-16(2)29)26-21-9-5-8-20(21)25-19-7-4-3-6-17(19)10-13-23(25)27-26/h3-8,10-14,20-21,26-27H,9H2,1-2H3/t20-,21-,26-/m1/s1. The van der Waals surface area contributed by atoms with E-state index in [2.05, 4.69) is 53.9 Å². The van der Waals surface area contributed by atoms with Crippen molar-refractivity contribution >= 4 is 28.4 Å². The van der Waals surface area contributed by atoms with Gasteiger partial charge in [0.15, 0.2) is 0 Å². The third-order valence-electron chi connectivity index (χ3n) is 6.09. The predicted molar refractivity (Wildman–Crippen MR) is 119 cm³/mol. The summed E-state index contributed by atoms with van der Waals surface area (Å²) in [7, 11) is 0. The average molecular weight is 413 g/mol. The zero-order valence-corrected chi connectivity index (χ0v) is 17.4. The first-order valence-corrected chi connectivity index (χ1v) is 10.5. The summed E-state index contributed by atoms with van der Waals surface area (Å²) in [4.78, 5) is 23.2. The summed E-state index contributed by atoms with van der Waals surface area (Å²) in [5, 5.41) is 6.20. The molecule has 0 radical (unpaired) electrons. The number of nitrogens with one attached hydrogen (secondary N) is 1. The Hall–Kier alpha value is -3.60. The molecule has 5 nitrogen and oxygen atoms in total. The molecule has 31 heavy (non-hydrogen) atoms. The lowest BCUT2D eigenvalue weighted by atomic mass is 9.75. The Morgan fingerprint density at radius 1 is 0.968 bits per heavy atom. The van der Waals surface area contributed by atoms with Crippen molar-refractivity contribution in [3.63, 3.8) is 0 Å². The van der Waals surface area contributed by atoms with Crippen LogP contribution in [0.2, 0.25) is 0 Å². The summed E-state index contributed by atoms with van der Waals surface area (Å²) in [6.45, 7) is 2.72. The van der Waals surface area contributed by atoms with E-state index in [1.807, 2.05) is 6.07 Å². The number of ether oxygens (including phenoxy) is 2. The van der Waals surface area contributed by atoms with Crippen LogP contribution in [0.3, 0.4) is 0 Å². The lowest BCUT2D eigenvalue weighted by Crippen LogP contribution is -2.29. The lowest BCUT2D eigenvalue weighted by Gasteiger charge is -2.38. The van der Waals surface area contributed by atoms with Crippen LogP contribution in [-0.2, 0) is 9.59 Å². The average Bonchev–Trinajstić information content (AvgIpc) is 3.22. The summed E-state index contributed by atoms with van der Waals surface area (Å²) < 4.78 is 10.7. The van der Waals surface area contributed by atoms with Gasteiger partial charge in [-0.05, 0) is 46.9 Å². The van der Waals surface area contributed by atoms with E-state index in [1.54, 1.807) is 12.1 Å². The maximum atomic E-state index is 11.8. The van der Waals surface area contributed by atoms with Crippen LogP contribution in [0.15, 0.2) is 66.7 Å². The van der Waals surface area contributed by atoms with Crippen molar-refractivity contribution in [2.24, 2.45) is 5.92 Å². The second-order valence-corrected chi connectivity index (χ2v) is 8.11. The highest BCUT2D eigenvalue weighted by atomic mass is 16.5. The predicted octanol–water partition coefficient (Wildman–Crippen LogP) is 5.52. The smallest absolute Gasteiger partial charge is 0.308 e. The van der Waals surface area contributed by atoms with Crippen molar-refractivity contribution < 1.29 is 19.1 Å². The van der Waals surface area contributed by atoms with Crippen LogP contribution in [0, 0.1) is 5.92 Å². The molecule has 3 aromatic carbocycles. The molecule has 0 aromatic heterocycles. The molecule has 1 aliphatic carbocycles. The summed E-state index contributed by atoms with van der Waals surface area (Å²) in [5.41, 5.74) is 3.29. The minimum absolute atomic E-state index is 0.0469. The zero-order valence-electron chi connectivity index (χ0n) is 17.4. The number of rotatable bonds is 3. The maximum Gasteiger partial charge on any atom is 0.308 e. The van der Waals surface area contributed by atoms with Crippen LogP contribution >= 0.6 is 0 Å². The number of hydrogen-bond acceptors (Lipinski definition) is 5. The lowest BCUT2D eigenvalue weighted by molar-refractivity contribution is -0.132. The zero-order chi connectivity index (χ0) is 21.5. The SMILES string of the molecule is CC(=O)Oc1ccc([C@@H]2Nc3ccc4ccccc4c3[C@@H]3C=CC[C@H]32)c(OC(C)=O)c1. The number of anilines is 1. The Bertz CT molecular complexity index is 1230. The number of esters is 2. The fourth-order valence-electron chi connectivity index (χ4n) is 4.93. The van der Waals surface area contributed by atoms with Crippen LogP contribution in [0.25, 0.3) is 10.8 Å². The maximum absolute atomic E-state index is 11.8. The summed E-state index contributed by atoms with van der Waals surface area (Å²) in [5.74, 6) is 0.495. The highest BCUT2D eigenvalue weighted by Gasteiger charge is 2.40. The molecule has 0 saturated heterocycles. The number of hydrogen-bond donors (Lipinski definition) is 1. The van der Waals surface area contributed by atoms with Crippen molar-refractivity contribution in [3.8, 4) is 11.5 Å². The van der Waals surface area contributed by atoms with Crippen LogP contribution in [-0.4, -0.2) is 11.9 Å². The highest BCUT2D eigenvalue weighted by molar-refractivity contribution is 5.92. The van der Waals surface area contributed by atoms with Gasteiger partial charge in [-0.1, -0.05) is 42.5 Å². The van der Waals surface area contributed by atoms with Gasteiger partial charge in [0, 0.05) is 37.1 Å². The van der Waals surface area contributed by atoms with Gasteiger partial charge in [-0.3, -0.25) is 9.59 Å². The summed E-state index contributed by atoms with van der Waals surface area (Å²) in [6, 6.07) is 17.9. The Morgan fingerprint density at radius 3 is 2.58 bits per heavy atom. The molecule has 0 bridgehead atoms. The number of fused-ring (bicyclic) bond motifs is 5. The second-order valence-electron chi connectivity index (χ2n) is 8.11. The molecule has 1 aliphatic heterocycles. The van der Waals surface area contributed by atoms with E-state index in [-0.39, 0.29) is 17.9 Å². The minimum atomic E-state index is -0.418. The topological polar surface area (TPSA) is 64.6 Å². The van der Waals surface area contributed by atoms with Crippen molar-refractivity contribution in [1.82, 2.24) is 0 Å². The molecule has 3 atom stereocenters. The van der Waals surface area contributed by atoms with Crippen LogP contribution in [0.5, 0.6) is 11.5 Å². The highest BCUT2D eigenvalue weighted by Crippen LogP contribution is 2.53. The van der Waals surface area contributed by atoms with Gasteiger partial charge < -0.3 is 14.8 Å². The van der Waals surface area contributed by atoms with Gasteiger partial charge in [0.05, 0.1) is 6.04 Å². The van der Waals surface area contributed by atoms with Crippen molar-refractivity contribution in [3.05, 3.63) is 77.9 Å². The van der Waals surface area contributed by atoms with Gasteiger partial charge in [-0.2, -0.15) is 0 Å². The quantitative estimate of drug-likeness (QED) is 0.348. The van der Waals surface area contributed by atoms with Gasteiger partial charge in [0.25, 0.3) is 0 Å². The van der Waals surface area contributed by atoms with E-state index in [4.69, 9.17) is 9.47 Å². The molecule has 0 saturated carbocycles. The fourth-order valence-corrected chi connectivity index (χ4v) is 4.93. The van der Waals surface area contributed by atoms with Crippen LogP contribution in [0.1, 0.15) is 43.4 Å². The second kappa shape index (κ2) is 7.58. The van der Waals surface area contributed by atoms with E-state index < -0.39 is 11.9 Å². The number of allylic oxidation sites excluding steroid dienone is 2. The number of carbonyl (C=O) groups is 2. The van der Waals surface area contributed by atoms with Crippen molar-refractivity contribution in [2.45, 2.75) is 32.2 Å². The molecule has 1 N–H and O–H groups in total. The molecule has 3 aromatic rings. The first-order chi connectivity index (χ1) is 15.0. The molecule has 0 fully saturated rings. The first kappa shape index (κ1) is 19.4. The fraction of sp³-hybridized carbons (Fsp3) is 0.231. The van der Waals surface area contributed by atoms with Gasteiger partial charge in [-0.15, -0.1) is 0 Å². The molecular formula is C26H23NO4. The molecule has 5 heteroatoms. The molecule has 5 rings (SSSR count). The molecule has 156 valence electrons. The van der Waals surface area contributed by atoms with Crippen LogP contribution < -0.4 is 14.8 Å². The third kappa shape index (κ3) is 3.46. The van der Waals surface area contributed by atoms with E-state index >= 15 is 0 Å². The molecule has 0 unspecified atom stereocenters. The van der Waals surface area contributed by atoms with Gasteiger partial charge in [-0.25, -0.2) is 0 Å². The first-order valence-electron chi connectivity index (χ1n) is 10.5. The molecule has 2 aliphatic rings. The number of benzene rings is 3. The summed E-state index contributed by atoms with van der Waals surface area (Å²) in [6.07, 6.45) is 5.46. The molecule has 0 spiro atoms. The van der Waals surface area contributed by atoms with E-state index in [0.29, 0.717) is 11.5 Å². The van der Waals surface area contributed by atoms with Gasteiger partial charge in [0.2, 0.25) is 0 Å². The molecular weight excluding hydrogens is 390 g/mol. The Balaban J connectivity index is 1.61. The van der Waals surface area contributed by atoms with Gasteiger partial charge in [0.1, 0.15) is 11.5 Å². The van der Waals surface area contributed by atoms with Gasteiger partial charge >= 0.3 is 11.9 Å². The van der Waals surface area contributed by atoms with Crippen LogP contribution in [0.4, 0.5) is 5.69 Å². The Labute approximate surface area is 180 Å². The summed E-state index contributed by atoms with van der Waals surface area (Å²) >= 11 is 0. The van der Waals surface area contributed by atoms with Crippen molar-refractivity contribution in [1.29, 1.82) is 0 Å².